The van der Waals surface area contributed by atoms with E-state index >= 15 is 0 Å². The lowest BCUT2D eigenvalue weighted by Crippen LogP contribution is -2.37. The Morgan fingerprint density at radius 3 is 2.31 bits per heavy atom. The molecule has 3 rings (SSSR count). The molecule has 0 radical (unpaired) electrons. The number of sulfonamides is 1. The first-order valence-corrected chi connectivity index (χ1v) is 13.8. The summed E-state index contributed by atoms with van der Waals surface area (Å²) in [5.41, 5.74) is 3.04. The van der Waals surface area contributed by atoms with Gasteiger partial charge in [-0.15, -0.1) is 11.8 Å². The summed E-state index contributed by atoms with van der Waals surface area (Å²) in [5.74, 6) is 1.34. The van der Waals surface area contributed by atoms with Crippen molar-refractivity contribution in [3.63, 3.8) is 0 Å². The molecule has 0 spiro atoms. The van der Waals surface area contributed by atoms with Gasteiger partial charge in [0.05, 0.1) is 26.2 Å². The first kappa shape index (κ1) is 26.4. The second-order valence-corrected chi connectivity index (χ2v) is 11.0. The van der Waals surface area contributed by atoms with Gasteiger partial charge in [-0.2, -0.15) is 0 Å². The molecule has 0 unspecified atom stereocenters. The molecule has 0 heterocycles. The lowest BCUT2D eigenvalue weighted by Gasteiger charge is -2.23. The smallest absolute Gasteiger partial charge is 0.245 e. The maximum absolute atomic E-state index is 12.8. The lowest BCUT2D eigenvalue weighted by molar-refractivity contribution is -0.114. The molecule has 9 heteroatoms. The minimum atomic E-state index is -3.73. The van der Waals surface area contributed by atoms with Gasteiger partial charge < -0.3 is 14.8 Å². The van der Waals surface area contributed by atoms with Crippen LogP contribution >= 0.6 is 11.8 Å². The first-order valence-electron chi connectivity index (χ1n) is 11.0. The first-order chi connectivity index (χ1) is 16.7. The Labute approximate surface area is 211 Å². The number of methoxy groups -OCH3 is 2. The van der Waals surface area contributed by atoms with Crippen molar-refractivity contribution in [2.45, 2.75) is 18.2 Å². The second kappa shape index (κ2) is 12.0. The van der Waals surface area contributed by atoms with Crippen molar-refractivity contribution < 1.29 is 22.7 Å². The monoisotopic (exact) mass is 514 g/mol. The van der Waals surface area contributed by atoms with Crippen molar-refractivity contribution in [2.75, 3.05) is 42.4 Å². The van der Waals surface area contributed by atoms with Gasteiger partial charge in [0, 0.05) is 22.4 Å². The minimum Gasteiger partial charge on any atom is -0.493 e. The number of rotatable bonds is 11. The van der Waals surface area contributed by atoms with E-state index in [1.54, 1.807) is 23.9 Å². The number of nitrogens with one attached hydrogen (secondary N) is 1. The van der Waals surface area contributed by atoms with Crippen molar-refractivity contribution in [3.05, 3.63) is 77.9 Å². The maximum Gasteiger partial charge on any atom is 0.245 e. The van der Waals surface area contributed by atoms with Crippen molar-refractivity contribution in [1.29, 1.82) is 0 Å². The molecule has 0 aromatic heterocycles. The molecule has 35 heavy (non-hydrogen) atoms. The average Bonchev–Trinajstić information content (AvgIpc) is 2.83. The van der Waals surface area contributed by atoms with Crippen LogP contribution in [0.2, 0.25) is 0 Å². The molecular weight excluding hydrogens is 484 g/mol. The number of carbonyl (C=O) groups excluding carboxylic acids is 1. The molecule has 0 atom stereocenters. The number of benzene rings is 3. The Morgan fingerprint density at radius 2 is 1.69 bits per heavy atom. The van der Waals surface area contributed by atoms with Crippen LogP contribution in [0.3, 0.4) is 0 Å². The summed E-state index contributed by atoms with van der Waals surface area (Å²) >= 11 is 1.80. The van der Waals surface area contributed by atoms with Crippen LogP contribution < -0.4 is 19.1 Å². The summed E-state index contributed by atoms with van der Waals surface area (Å²) in [5, 5.41) is 2.84. The molecule has 3 aromatic rings. The fraction of sp³-hybridized carbons (Fsp3) is 0.269. The van der Waals surface area contributed by atoms with Gasteiger partial charge in [0.2, 0.25) is 15.9 Å². The van der Waals surface area contributed by atoms with Gasteiger partial charge in [0.15, 0.2) is 11.5 Å². The molecular formula is C26H30N2O5S2. The highest BCUT2D eigenvalue weighted by atomic mass is 32.2. The third-order valence-electron chi connectivity index (χ3n) is 5.31. The third-order valence-corrected chi connectivity index (χ3v) is 7.46. The van der Waals surface area contributed by atoms with E-state index in [0.29, 0.717) is 22.9 Å². The fourth-order valence-corrected chi connectivity index (χ4v) is 5.30. The Morgan fingerprint density at radius 1 is 0.971 bits per heavy atom. The van der Waals surface area contributed by atoms with Crippen LogP contribution in [0.1, 0.15) is 11.1 Å². The van der Waals surface area contributed by atoms with Gasteiger partial charge in [-0.05, 0) is 54.8 Å². The van der Waals surface area contributed by atoms with E-state index < -0.39 is 15.9 Å². The third kappa shape index (κ3) is 7.40. The second-order valence-electron chi connectivity index (χ2n) is 7.92. The number of thioether (sulfide) groups is 1. The van der Waals surface area contributed by atoms with E-state index in [4.69, 9.17) is 9.47 Å². The molecule has 1 N–H and O–H groups in total. The zero-order valence-electron chi connectivity index (χ0n) is 20.3. The van der Waals surface area contributed by atoms with Crippen molar-refractivity contribution in [2.24, 2.45) is 0 Å². The Bertz CT molecular complexity index is 1260. The summed E-state index contributed by atoms with van der Waals surface area (Å²) in [6, 6.07) is 20.8. The maximum atomic E-state index is 12.8. The highest BCUT2D eigenvalue weighted by Crippen LogP contribution is 2.32. The van der Waals surface area contributed by atoms with Crippen LogP contribution in [0.25, 0.3) is 0 Å². The van der Waals surface area contributed by atoms with Crippen LogP contribution in [-0.4, -0.2) is 47.1 Å². The van der Waals surface area contributed by atoms with Gasteiger partial charge in [-0.3, -0.25) is 9.10 Å². The summed E-state index contributed by atoms with van der Waals surface area (Å²) in [7, 11) is -0.767. The molecule has 0 aliphatic carbocycles. The van der Waals surface area contributed by atoms with Crippen molar-refractivity contribution in [1.82, 2.24) is 0 Å². The van der Waals surface area contributed by atoms with E-state index in [9.17, 15) is 13.2 Å². The molecule has 7 nitrogen and oxygen atoms in total. The summed E-state index contributed by atoms with van der Waals surface area (Å²) in [6.45, 7) is 1.55. The summed E-state index contributed by atoms with van der Waals surface area (Å²) in [6.07, 6.45) is 1.96. The van der Waals surface area contributed by atoms with Crippen LogP contribution in [-0.2, 0) is 21.2 Å². The number of carbonyl (C=O) groups is 1. The number of nitrogens with zero attached hydrogens (tertiary/aromatic N) is 1. The molecule has 0 aliphatic rings. The van der Waals surface area contributed by atoms with E-state index in [1.165, 1.54) is 30.7 Å². The number of aryl methyl sites for hydroxylation is 2. The molecule has 1 amide bonds. The molecule has 0 bridgehead atoms. The predicted octanol–water partition coefficient (Wildman–Crippen LogP) is 4.75. The van der Waals surface area contributed by atoms with Gasteiger partial charge in [0.25, 0.3) is 0 Å². The number of hydrogen-bond acceptors (Lipinski definition) is 6. The van der Waals surface area contributed by atoms with Gasteiger partial charge >= 0.3 is 0 Å². The van der Waals surface area contributed by atoms with E-state index in [2.05, 4.69) is 17.4 Å². The highest BCUT2D eigenvalue weighted by molar-refractivity contribution is 7.99. The topological polar surface area (TPSA) is 84.9 Å². The Hall–Kier alpha value is -3.17. The molecule has 0 fully saturated rings. The highest BCUT2D eigenvalue weighted by Gasteiger charge is 2.22. The number of amides is 1. The summed E-state index contributed by atoms with van der Waals surface area (Å²) in [4.78, 5) is 14.0. The number of hydrogen-bond donors (Lipinski definition) is 1. The zero-order chi connectivity index (χ0) is 25.4. The lowest BCUT2D eigenvalue weighted by atomic mass is 10.1. The van der Waals surface area contributed by atoms with Crippen LogP contribution in [0, 0.1) is 6.92 Å². The molecule has 0 aliphatic heterocycles. The molecule has 0 saturated heterocycles. The number of anilines is 2. The Balaban J connectivity index is 1.66. The normalized spacial score (nSPS) is 11.1. The number of ether oxygens (including phenoxy) is 2. The average molecular weight is 515 g/mol. The van der Waals surface area contributed by atoms with Crippen LogP contribution in [0.4, 0.5) is 11.4 Å². The Kier molecular flexibility index (Phi) is 9.06. The quantitative estimate of drug-likeness (QED) is 0.372. The van der Waals surface area contributed by atoms with E-state index in [0.717, 1.165) is 28.3 Å². The van der Waals surface area contributed by atoms with E-state index in [-0.39, 0.29) is 6.54 Å². The summed E-state index contributed by atoms with van der Waals surface area (Å²) < 4.78 is 36.4. The van der Waals surface area contributed by atoms with Gasteiger partial charge in [0.1, 0.15) is 6.54 Å². The predicted molar refractivity (Wildman–Crippen MR) is 142 cm³/mol. The fourth-order valence-electron chi connectivity index (χ4n) is 3.53. The van der Waals surface area contributed by atoms with E-state index in [1.807, 2.05) is 43.3 Å². The zero-order valence-corrected chi connectivity index (χ0v) is 21.9. The SMILES string of the molecule is COc1ccc(N(CC(=O)Nc2ccc(CCSc3ccccc3)cc2C)S(C)(=O)=O)cc1OC. The van der Waals surface area contributed by atoms with Crippen LogP contribution in [0.5, 0.6) is 11.5 Å². The molecule has 0 saturated carbocycles. The van der Waals surface area contributed by atoms with Crippen LogP contribution in [0.15, 0.2) is 71.6 Å². The van der Waals surface area contributed by atoms with Gasteiger partial charge in [-0.25, -0.2) is 8.42 Å². The minimum absolute atomic E-state index is 0.309. The molecule has 3 aromatic carbocycles. The largest absolute Gasteiger partial charge is 0.493 e. The van der Waals surface area contributed by atoms with Gasteiger partial charge in [-0.1, -0.05) is 30.3 Å². The van der Waals surface area contributed by atoms with Crippen molar-refractivity contribution >= 4 is 39.1 Å². The standard InChI is InChI=1S/C26H30N2O5S2/c1-19-16-20(14-15-34-22-8-6-5-7-9-22)10-12-23(19)27-26(29)18-28(35(4,30)31)21-11-13-24(32-2)25(17-21)33-3/h5-13,16-17H,14-15,18H2,1-4H3,(H,27,29). The van der Waals surface area contributed by atoms with Crippen molar-refractivity contribution in [3.8, 4) is 11.5 Å². The molecule has 186 valence electrons.